The number of nitrogens with zero attached hydrogens (tertiary/aromatic N) is 1. The van der Waals surface area contributed by atoms with Crippen molar-refractivity contribution in [2.75, 3.05) is 7.11 Å². The number of hydrogen-bond donors (Lipinski definition) is 1. The first-order valence-electron chi connectivity index (χ1n) is 3.80. The van der Waals surface area contributed by atoms with E-state index in [2.05, 4.69) is 11.0 Å². The highest BCUT2D eigenvalue weighted by Crippen LogP contribution is 2.22. The highest BCUT2D eigenvalue weighted by atomic mass is 19.1. The van der Waals surface area contributed by atoms with Gasteiger partial charge < -0.3 is 10.6 Å². The first-order chi connectivity index (χ1) is 6.72. The van der Waals surface area contributed by atoms with E-state index in [0.717, 1.165) is 0 Å². The van der Waals surface area contributed by atoms with E-state index in [1.54, 1.807) is 6.07 Å². The Morgan fingerprint density at radius 3 is 2.86 bits per heavy atom. The Labute approximate surface area is 81.4 Å². The molecule has 3 nitrogen and oxygen atoms in total. The molecule has 0 amide bonds. The van der Waals surface area contributed by atoms with Crippen LogP contribution in [0, 0.1) is 18.2 Å². The Morgan fingerprint density at radius 2 is 2.36 bits per heavy atom. The van der Waals surface area contributed by atoms with Crippen molar-refractivity contribution >= 4 is 6.21 Å². The second kappa shape index (κ2) is 4.28. The van der Waals surface area contributed by atoms with Crippen LogP contribution in [0.2, 0.25) is 0 Å². The van der Waals surface area contributed by atoms with Crippen molar-refractivity contribution in [3.8, 4) is 18.1 Å². The summed E-state index contributed by atoms with van der Waals surface area (Å²) in [5, 5.41) is 3.28. The lowest BCUT2D eigenvalue weighted by atomic mass is 10.1. The Bertz CT molecular complexity index is 407. The highest BCUT2D eigenvalue weighted by Gasteiger charge is 2.08. The summed E-state index contributed by atoms with van der Waals surface area (Å²) < 4.78 is 18.1. The van der Waals surface area contributed by atoms with Crippen molar-refractivity contribution in [3.05, 3.63) is 29.1 Å². The fraction of sp³-hybridized carbons (Fsp3) is 0.100. The molecule has 0 spiro atoms. The topological polar surface area (TPSA) is 47.6 Å². The molecule has 0 saturated carbocycles. The predicted molar refractivity (Wildman–Crippen MR) is 52.7 cm³/mol. The summed E-state index contributed by atoms with van der Waals surface area (Å²) >= 11 is 0. The third kappa shape index (κ3) is 1.83. The van der Waals surface area contributed by atoms with Crippen LogP contribution < -0.4 is 10.6 Å². The number of ether oxygens (including phenoxy) is 1. The van der Waals surface area contributed by atoms with Crippen molar-refractivity contribution in [1.29, 1.82) is 0 Å². The second-order valence-corrected chi connectivity index (χ2v) is 2.51. The van der Waals surface area contributed by atoms with Gasteiger partial charge in [-0.2, -0.15) is 5.10 Å². The Balaban J connectivity index is 3.33. The van der Waals surface area contributed by atoms with Crippen molar-refractivity contribution in [3.63, 3.8) is 0 Å². The van der Waals surface area contributed by atoms with Crippen LogP contribution >= 0.6 is 0 Å². The number of benzene rings is 1. The van der Waals surface area contributed by atoms with Crippen LogP contribution in [0.25, 0.3) is 0 Å². The van der Waals surface area contributed by atoms with E-state index >= 15 is 0 Å². The van der Waals surface area contributed by atoms with Gasteiger partial charge in [-0.3, -0.25) is 0 Å². The quantitative estimate of drug-likeness (QED) is 0.330. The third-order valence-electron chi connectivity index (χ3n) is 1.65. The molecule has 0 aliphatic rings. The summed E-state index contributed by atoms with van der Waals surface area (Å²) in [5.74, 6) is 6.78. The molecule has 1 aromatic carbocycles. The van der Waals surface area contributed by atoms with E-state index in [0.29, 0.717) is 11.1 Å². The van der Waals surface area contributed by atoms with Crippen LogP contribution in [0.15, 0.2) is 17.2 Å². The summed E-state index contributed by atoms with van der Waals surface area (Å²) in [7, 11) is 1.36. The van der Waals surface area contributed by atoms with Gasteiger partial charge in [0, 0.05) is 0 Å². The molecule has 1 rings (SSSR count). The first kappa shape index (κ1) is 10.1. The fourth-order valence-electron chi connectivity index (χ4n) is 1.09. The number of hydrogen-bond acceptors (Lipinski definition) is 3. The van der Waals surface area contributed by atoms with Crippen molar-refractivity contribution in [2.24, 2.45) is 10.9 Å². The monoisotopic (exact) mass is 192 g/mol. The number of terminal acetylenes is 1. The molecule has 0 aromatic heterocycles. The largest absolute Gasteiger partial charge is 0.492 e. The molecule has 2 N–H and O–H groups in total. The maximum atomic E-state index is 13.3. The number of hydrazone groups is 1. The van der Waals surface area contributed by atoms with Gasteiger partial charge in [0.25, 0.3) is 0 Å². The molecule has 14 heavy (non-hydrogen) atoms. The SMILES string of the molecule is C#Cc1cc(C=NN)cc(F)c1OC. The van der Waals surface area contributed by atoms with Gasteiger partial charge in [-0.1, -0.05) is 5.92 Å². The first-order valence-corrected chi connectivity index (χ1v) is 3.80. The fourth-order valence-corrected chi connectivity index (χ4v) is 1.09. The standard InChI is InChI=1S/C10H9FN2O/c1-3-8-4-7(6-13-12)5-9(11)10(8)14-2/h1,4-6H,12H2,2H3. The summed E-state index contributed by atoms with van der Waals surface area (Å²) in [5.41, 5.74) is 0.834. The molecule has 0 unspecified atom stereocenters. The summed E-state index contributed by atoms with van der Waals surface area (Å²) in [6.07, 6.45) is 6.50. The molecule has 72 valence electrons. The molecule has 0 saturated heterocycles. The molecule has 0 bridgehead atoms. The van der Waals surface area contributed by atoms with E-state index < -0.39 is 5.82 Å². The normalized spacial score (nSPS) is 10.1. The summed E-state index contributed by atoms with van der Waals surface area (Å²) in [6.45, 7) is 0. The van der Waals surface area contributed by atoms with Crippen molar-refractivity contribution in [2.45, 2.75) is 0 Å². The van der Waals surface area contributed by atoms with Crippen LogP contribution in [-0.4, -0.2) is 13.3 Å². The smallest absolute Gasteiger partial charge is 0.170 e. The van der Waals surface area contributed by atoms with Crippen LogP contribution in [0.3, 0.4) is 0 Å². The average Bonchev–Trinajstić information content (AvgIpc) is 2.17. The molecular weight excluding hydrogens is 183 g/mol. The molecule has 1 aromatic rings. The summed E-state index contributed by atoms with van der Waals surface area (Å²) in [4.78, 5) is 0. The van der Waals surface area contributed by atoms with E-state index in [9.17, 15) is 4.39 Å². The van der Waals surface area contributed by atoms with Crippen LogP contribution in [-0.2, 0) is 0 Å². The molecule has 0 fully saturated rings. The van der Waals surface area contributed by atoms with Gasteiger partial charge in [0.15, 0.2) is 11.6 Å². The molecule has 4 heteroatoms. The molecule has 0 aliphatic carbocycles. The van der Waals surface area contributed by atoms with Gasteiger partial charge in [-0.05, 0) is 17.7 Å². The Kier molecular flexibility index (Phi) is 3.08. The van der Waals surface area contributed by atoms with Crippen molar-refractivity contribution < 1.29 is 9.13 Å². The second-order valence-electron chi connectivity index (χ2n) is 2.51. The predicted octanol–water partition coefficient (Wildman–Crippen LogP) is 1.11. The van der Waals surface area contributed by atoms with Crippen molar-refractivity contribution in [1.82, 2.24) is 0 Å². The lowest BCUT2D eigenvalue weighted by molar-refractivity contribution is 0.385. The molecule has 0 radical (unpaired) electrons. The van der Waals surface area contributed by atoms with Crippen LogP contribution in [0.1, 0.15) is 11.1 Å². The molecule has 0 atom stereocenters. The number of halogens is 1. The van der Waals surface area contributed by atoms with Crippen LogP contribution in [0.4, 0.5) is 4.39 Å². The van der Waals surface area contributed by atoms with E-state index in [4.69, 9.17) is 17.0 Å². The Hall–Kier alpha value is -2.02. The minimum Gasteiger partial charge on any atom is -0.492 e. The maximum Gasteiger partial charge on any atom is 0.170 e. The molecular formula is C10H9FN2O. The van der Waals surface area contributed by atoms with Gasteiger partial charge in [0.05, 0.1) is 18.9 Å². The zero-order chi connectivity index (χ0) is 10.6. The average molecular weight is 192 g/mol. The molecule has 0 heterocycles. The molecule has 0 aliphatic heterocycles. The van der Waals surface area contributed by atoms with Gasteiger partial charge in [0.2, 0.25) is 0 Å². The van der Waals surface area contributed by atoms with Crippen LogP contribution in [0.5, 0.6) is 5.75 Å². The lowest BCUT2D eigenvalue weighted by Gasteiger charge is -2.05. The van der Waals surface area contributed by atoms with Gasteiger partial charge in [-0.25, -0.2) is 4.39 Å². The highest BCUT2D eigenvalue weighted by molar-refractivity contribution is 5.80. The van der Waals surface area contributed by atoms with E-state index in [1.807, 2.05) is 0 Å². The lowest BCUT2D eigenvalue weighted by Crippen LogP contribution is -1.96. The van der Waals surface area contributed by atoms with Gasteiger partial charge in [-0.15, -0.1) is 6.42 Å². The Morgan fingerprint density at radius 1 is 1.64 bits per heavy atom. The van der Waals surface area contributed by atoms with Gasteiger partial charge >= 0.3 is 0 Å². The summed E-state index contributed by atoms with van der Waals surface area (Å²) in [6, 6.07) is 2.81. The third-order valence-corrected chi connectivity index (χ3v) is 1.65. The minimum absolute atomic E-state index is 0.0571. The van der Waals surface area contributed by atoms with E-state index in [1.165, 1.54) is 19.4 Å². The minimum atomic E-state index is -0.530. The number of methoxy groups -OCH3 is 1. The maximum absolute atomic E-state index is 13.3. The zero-order valence-corrected chi connectivity index (χ0v) is 7.62. The number of rotatable bonds is 2. The van der Waals surface area contributed by atoms with Gasteiger partial charge in [0.1, 0.15) is 0 Å². The zero-order valence-electron chi connectivity index (χ0n) is 7.62. The number of nitrogens with two attached hydrogens (primary N) is 1. The van der Waals surface area contributed by atoms with E-state index in [-0.39, 0.29) is 5.75 Å².